The zero-order chi connectivity index (χ0) is 9.14. The molecule has 1 rings (SSSR count). The third-order valence-corrected chi connectivity index (χ3v) is 2.36. The second kappa shape index (κ2) is 4.09. The van der Waals surface area contributed by atoms with Crippen LogP contribution in [0.25, 0.3) is 0 Å². The molecule has 0 spiro atoms. The molecule has 0 aliphatic heterocycles. The van der Waals surface area contributed by atoms with E-state index >= 15 is 0 Å². The van der Waals surface area contributed by atoms with Gasteiger partial charge in [-0.1, -0.05) is 0 Å². The van der Waals surface area contributed by atoms with Crippen molar-refractivity contribution in [1.82, 2.24) is 0 Å². The van der Waals surface area contributed by atoms with Crippen LogP contribution in [0.15, 0.2) is 12.1 Å². The fourth-order valence-electron chi connectivity index (χ4n) is 1.24. The summed E-state index contributed by atoms with van der Waals surface area (Å²) in [6.07, 6.45) is 0. The molecule has 0 fully saturated rings. The third-order valence-electron chi connectivity index (χ3n) is 1.74. The molecular weight excluding hydrogens is 265 g/mol. The van der Waals surface area contributed by atoms with Crippen molar-refractivity contribution in [3.8, 4) is 5.75 Å². The Morgan fingerprint density at radius 1 is 1.50 bits per heavy atom. The van der Waals surface area contributed by atoms with Crippen molar-refractivity contribution < 1.29 is 4.74 Å². The first-order valence-electron chi connectivity index (χ1n) is 3.72. The number of hydrogen-bond acceptors (Lipinski definition) is 2. The maximum atomic E-state index is 5.58. The summed E-state index contributed by atoms with van der Waals surface area (Å²) >= 11 is 2.28. The van der Waals surface area contributed by atoms with E-state index in [0.717, 1.165) is 16.9 Å². The van der Waals surface area contributed by atoms with E-state index in [1.165, 1.54) is 3.57 Å². The number of benzene rings is 1. The van der Waals surface area contributed by atoms with Gasteiger partial charge in [0.15, 0.2) is 0 Å². The van der Waals surface area contributed by atoms with Gasteiger partial charge in [-0.05, 0) is 47.2 Å². The van der Waals surface area contributed by atoms with Crippen LogP contribution in [0.5, 0.6) is 5.75 Å². The molecule has 0 heterocycles. The largest absolute Gasteiger partial charge is 0.496 e. The van der Waals surface area contributed by atoms with Crippen molar-refractivity contribution in [2.75, 3.05) is 7.11 Å². The zero-order valence-electron chi connectivity index (χ0n) is 7.23. The van der Waals surface area contributed by atoms with Gasteiger partial charge in [0.25, 0.3) is 0 Å². The average molecular weight is 277 g/mol. The molecule has 0 saturated heterocycles. The van der Waals surface area contributed by atoms with Gasteiger partial charge in [0.05, 0.1) is 7.11 Å². The second-order valence-corrected chi connectivity index (χ2v) is 3.86. The molecule has 66 valence electrons. The molecule has 0 aliphatic carbocycles. The molecule has 0 radical (unpaired) electrons. The van der Waals surface area contributed by atoms with Crippen molar-refractivity contribution in [3.63, 3.8) is 0 Å². The quantitative estimate of drug-likeness (QED) is 0.840. The summed E-state index contributed by atoms with van der Waals surface area (Å²) in [4.78, 5) is 0. The third kappa shape index (κ3) is 1.90. The number of ether oxygens (including phenoxy) is 1. The molecule has 1 aromatic carbocycles. The summed E-state index contributed by atoms with van der Waals surface area (Å²) in [7, 11) is 1.67. The van der Waals surface area contributed by atoms with Crippen molar-refractivity contribution in [1.29, 1.82) is 0 Å². The van der Waals surface area contributed by atoms with Crippen molar-refractivity contribution in [3.05, 3.63) is 26.8 Å². The van der Waals surface area contributed by atoms with Gasteiger partial charge >= 0.3 is 0 Å². The number of nitrogens with two attached hydrogens (primary N) is 1. The topological polar surface area (TPSA) is 35.2 Å². The van der Waals surface area contributed by atoms with Crippen LogP contribution in [0, 0.1) is 10.5 Å². The predicted octanol–water partition coefficient (Wildman–Crippen LogP) is 2.07. The summed E-state index contributed by atoms with van der Waals surface area (Å²) in [5, 5.41) is 0. The van der Waals surface area contributed by atoms with Gasteiger partial charge in [0.2, 0.25) is 0 Å². The molecule has 0 amide bonds. The Bertz CT molecular complexity index is 286. The monoisotopic (exact) mass is 277 g/mol. The van der Waals surface area contributed by atoms with Crippen LogP contribution in [0.1, 0.15) is 11.1 Å². The number of hydrogen-bond donors (Lipinski definition) is 1. The van der Waals surface area contributed by atoms with E-state index in [4.69, 9.17) is 10.5 Å². The lowest BCUT2D eigenvalue weighted by atomic mass is 10.1. The van der Waals surface area contributed by atoms with E-state index in [1.54, 1.807) is 7.11 Å². The highest BCUT2D eigenvalue weighted by Gasteiger charge is 2.05. The lowest BCUT2D eigenvalue weighted by Gasteiger charge is -2.10. The van der Waals surface area contributed by atoms with Crippen molar-refractivity contribution >= 4 is 22.6 Å². The SMILES string of the molecule is COc1c(C)cc(I)cc1CN. The Labute approximate surface area is 86.2 Å². The molecule has 3 heteroatoms. The molecule has 2 nitrogen and oxygen atoms in total. The van der Waals surface area contributed by atoms with Gasteiger partial charge < -0.3 is 10.5 Å². The lowest BCUT2D eigenvalue weighted by molar-refractivity contribution is 0.406. The van der Waals surface area contributed by atoms with E-state index in [9.17, 15) is 0 Å². The first-order chi connectivity index (χ1) is 5.69. The molecule has 0 atom stereocenters. The first-order valence-corrected chi connectivity index (χ1v) is 4.80. The molecule has 0 bridgehead atoms. The molecular formula is C9H12INO. The highest BCUT2D eigenvalue weighted by atomic mass is 127. The minimum Gasteiger partial charge on any atom is -0.496 e. The van der Waals surface area contributed by atoms with Gasteiger partial charge in [-0.3, -0.25) is 0 Å². The fourth-order valence-corrected chi connectivity index (χ4v) is 2.09. The molecule has 0 aliphatic rings. The predicted molar refractivity (Wildman–Crippen MR) is 58.3 cm³/mol. The molecule has 2 N–H and O–H groups in total. The average Bonchev–Trinajstić information content (AvgIpc) is 2.03. The van der Waals surface area contributed by atoms with E-state index < -0.39 is 0 Å². The van der Waals surface area contributed by atoms with Gasteiger partial charge in [0.1, 0.15) is 5.75 Å². The molecule has 12 heavy (non-hydrogen) atoms. The van der Waals surface area contributed by atoms with Gasteiger partial charge in [-0.2, -0.15) is 0 Å². The summed E-state index contributed by atoms with van der Waals surface area (Å²) in [6, 6.07) is 4.13. The number of rotatable bonds is 2. The van der Waals surface area contributed by atoms with Gasteiger partial charge in [0, 0.05) is 15.7 Å². The van der Waals surface area contributed by atoms with E-state index in [2.05, 4.69) is 28.7 Å². The Balaban J connectivity index is 3.24. The van der Waals surface area contributed by atoms with E-state index in [1.807, 2.05) is 13.0 Å². The van der Waals surface area contributed by atoms with Crippen LogP contribution in [0.2, 0.25) is 0 Å². The van der Waals surface area contributed by atoms with Crippen LogP contribution >= 0.6 is 22.6 Å². The molecule has 0 aromatic heterocycles. The van der Waals surface area contributed by atoms with Crippen molar-refractivity contribution in [2.45, 2.75) is 13.5 Å². The number of halogens is 1. The van der Waals surface area contributed by atoms with Crippen LogP contribution in [0.4, 0.5) is 0 Å². The Morgan fingerprint density at radius 2 is 2.17 bits per heavy atom. The molecule has 0 unspecified atom stereocenters. The molecule has 1 aromatic rings. The van der Waals surface area contributed by atoms with Gasteiger partial charge in [-0.15, -0.1) is 0 Å². The first kappa shape index (κ1) is 9.80. The Morgan fingerprint density at radius 3 is 2.67 bits per heavy atom. The van der Waals surface area contributed by atoms with Crippen LogP contribution in [-0.2, 0) is 6.54 Å². The normalized spacial score (nSPS) is 10.0. The highest BCUT2D eigenvalue weighted by molar-refractivity contribution is 14.1. The fraction of sp³-hybridized carbons (Fsp3) is 0.333. The lowest BCUT2D eigenvalue weighted by Crippen LogP contribution is -2.01. The minimum atomic E-state index is 0.529. The highest BCUT2D eigenvalue weighted by Crippen LogP contribution is 2.25. The second-order valence-electron chi connectivity index (χ2n) is 2.62. The van der Waals surface area contributed by atoms with Gasteiger partial charge in [-0.25, -0.2) is 0 Å². The zero-order valence-corrected chi connectivity index (χ0v) is 9.38. The van der Waals surface area contributed by atoms with Crippen LogP contribution in [0.3, 0.4) is 0 Å². The Kier molecular flexibility index (Phi) is 3.34. The molecule has 0 saturated carbocycles. The summed E-state index contributed by atoms with van der Waals surface area (Å²) in [5.41, 5.74) is 7.80. The number of methoxy groups -OCH3 is 1. The smallest absolute Gasteiger partial charge is 0.126 e. The standard InChI is InChI=1S/C9H12INO/c1-6-3-8(10)4-7(5-11)9(6)12-2/h3-4H,5,11H2,1-2H3. The maximum absolute atomic E-state index is 5.58. The summed E-state index contributed by atoms with van der Waals surface area (Å²) in [6.45, 7) is 2.56. The van der Waals surface area contributed by atoms with Crippen LogP contribution < -0.4 is 10.5 Å². The van der Waals surface area contributed by atoms with Crippen LogP contribution in [-0.4, -0.2) is 7.11 Å². The number of aryl methyl sites for hydroxylation is 1. The van der Waals surface area contributed by atoms with Crippen molar-refractivity contribution in [2.24, 2.45) is 5.73 Å². The van der Waals surface area contributed by atoms with E-state index in [0.29, 0.717) is 6.54 Å². The van der Waals surface area contributed by atoms with E-state index in [-0.39, 0.29) is 0 Å². The summed E-state index contributed by atoms with van der Waals surface area (Å²) in [5.74, 6) is 0.915. The Hall–Kier alpha value is -0.290. The summed E-state index contributed by atoms with van der Waals surface area (Å²) < 4.78 is 6.44. The minimum absolute atomic E-state index is 0.529. The maximum Gasteiger partial charge on any atom is 0.126 e.